The van der Waals surface area contributed by atoms with Gasteiger partial charge in [0.15, 0.2) is 5.96 Å². The first-order valence-electron chi connectivity index (χ1n) is 9.11. The molecule has 0 atom stereocenters. The molecule has 0 aliphatic carbocycles. The molecule has 2 aromatic carbocycles. The first-order chi connectivity index (χ1) is 14.0. The summed E-state index contributed by atoms with van der Waals surface area (Å²) in [5.41, 5.74) is 13.5. The number of nitrogens with one attached hydrogen (secondary N) is 1. The Hall–Kier alpha value is -3.68. The molecule has 1 heterocycles. The maximum Gasteiger partial charge on any atom is 0.236 e. The van der Waals surface area contributed by atoms with Crippen molar-refractivity contribution in [2.45, 2.75) is 19.4 Å². The Morgan fingerprint density at radius 3 is 2.62 bits per heavy atom. The van der Waals surface area contributed by atoms with Crippen LogP contribution in [0.25, 0.3) is 11.1 Å². The molecule has 0 bridgehead atoms. The van der Waals surface area contributed by atoms with Gasteiger partial charge in [0, 0.05) is 18.1 Å². The maximum atomic E-state index is 14.5. The summed E-state index contributed by atoms with van der Waals surface area (Å²) >= 11 is 0. The molecule has 0 radical (unpaired) electrons. The summed E-state index contributed by atoms with van der Waals surface area (Å²) in [6.07, 6.45) is 1.20. The predicted molar refractivity (Wildman–Crippen MR) is 108 cm³/mol. The number of aromatic nitrogens is 1. The van der Waals surface area contributed by atoms with Crippen molar-refractivity contribution in [2.75, 3.05) is 6.54 Å². The summed E-state index contributed by atoms with van der Waals surface area (Å²) in [6.45, 7) is 0.126. The number of hydrogen-bond acceptors (Lipinski definition) is 4. The van der Waals surface area contributed by atoms with E-state index in [1.807, 2.05) is 36.4 Å². The minimum absolute atomic E-state index is 0.0843. The largest absolute Gasteiger partial charge is 0.370 e. The van der Waals surface area contributed by atoms with Gasteiger partial charge in [-0.25, -0.2) is 9.38 Å². The number of carbonyl (C=O) groups is 1. The van der Waals surface area contributed by atoms with Crippen molar-refractivity contribution < 1.29 is 13.7 Å². The van der Waals surface area contributed by atoms with E-state index in [9.17, 15) is 9.18 Å². The second kappa shape index (κ2) is 9.50. The van der Waals surface area contributed by atoms with E-state index in [0.717, 1.165) is 11.1 Å². The van der Waals surface area contributed by atoms with E-state index in [4.69, 9.17) is 16.0 Å². The SMILES string of the molecule is NC(=O)CNC(N)=NCc1cc(CCc2ccc(-c3ccccc3)c(F)c2)on1. The van der Waals surface area contributed by atoms with Gasteiger partial charge in [0.1, 0.15) is 17.3 Å². The number of aliphatic imine (C=N–C) groups is 1. The number of nitrogens with two attached hydrogens (primary N) is 2. The van der Waals surface area contributed by atoms with Crippen LogP contribution < -0.4 is 16.8 Å². The van der Waals surface area contributed by atoms with Crippen LogP contribution in [-0.2, 0) is 24.2 Å². The van der Waals surface area contributed by atoms with Crippen LogP contribution in [0.3, 0.4) is 0 Å². The summed E-state index contributed by atoms with van der Waals surface area (Å²) in [5.74, 6) is -0.00548. The number of primary amides is 1. The van der Waals surface area contributed by atoms with Gasteiger partial charge < -0.3 is 21.3 Å². The third kappa shape index (κ3) is 5.90. The lowest BCUT2D eigenvalue weighted by atomic mass is 10.0. The molecule has 7 nitrogen and oxygen atoms in total. The van der Waals surface area contributed by atoms with Gasteiger partial charge in [0.2, 0.25) is 5.91 Å². The van der Waals surface area contributed by atoms with Crippen molar-refractivity contribution in [1.82, 2.24) is 10.5 Å². The Kier molecular flexibility index (Phi) is 6.57. The smallest absolute Gasteiger partial charge is 0.236 e. The van der Waals surface area contributed by atoms with Crippen LogP contribution >= 0.6 is 0 Å². The molecule has 0 saturated carbocycles. The Balaban J connectivity index is 1.55. The number of carbonyl (C=O) groups excluding carboxylic acids is 1. The fourth-order valence-corrected chi connectivity index (χ4v) is 2.78. The van der Waals surface area contributed by atoms with Gasteiger partial charge in [-0.15, -0.1) is 0 Å². The van der Waals surface area contributed by atoms with Crippen LogP contribution in [-0.4, -0.2) is 23.6 Å². The van der Waals surface area contributed by atoms with Crippen LogP contribution in [0.4, 0.5) is 4.39 Å². The Morgan fingerprint density at radius 2 is 1.90 bits per heavy atom. The van der Waals surface area contributed by atoms with E-state index in [1.165, 1.54) is 0 Å². The topological polar surface area (TPSA) is 120 Å². The minimum atomic E-state index is -0.528. The summed E-state index contributed by atoms with van der Waals surface area (Å²) in [5, 5.41) is 6.52. The second-order valence-electron chi connectivity index (χ2n) is 6.49. The van der Waals surface area contributed by atoms with Gasteiger partial charge in [-0.1, -0.05) is 47.6 Å². The van der Waals surface area contributed by atoms with E-state index >= 15 is 0 Å². The van der Waals surface area contributed by atoms with Crippen molar-refractivity contribution in [3.63, 3.8) is 0 Å². The molecular formula is C21H22FN5O2. The lowest BCUT2D eigenvalue weighted by molar-refractivity contribution is -0.116. The average Bonchev–Trinajstić information content (AvgIpc) is 3.18. The zero-order chi connectivity index (χ0) is 20.6. The Morgan fingerprint density at radius 1 is 1.10 bits per heavy atom. The van der Waals surface area contributed by atoms with Gasteiger partial charge >= 0.3 is 0 Å². The third-order valence-electron chi connectivity index (χ3n) is 4.24. The van der Waals surface area contributed by atoms with Crippen LogP contribution in [0.1, 0.15) is 17.0 Å². The Labute approximate surface area is 167 Å². The van der Waals surface area contributed by atoms with Crippen molar-refractivity contribution in [3.8, 4) is 11.1 Å². The first kappa shape index (κ1) is 20.1. The van der Waals surface area contributed by atoms with Crippen LogP contribution in [0.2, 0.25) is 0 Å². The fourth-order valence-electron chi connectivity index (χ4n) is 2.78. The van der Waals surface area contributed by atoms with Gasteiger partial charge in [-0.3, -0.25) is 4.79 Å². The molecule has 1 aromatic heterocycles. The molecule has 150 valence electrons. The molecule has 0 aliphatic rings. The van der Waals surface area contributed by atoms with Crippen LogP contribution in [0, 0.1) is 5.82 Å². The van der Waals surface area contributed by atoms with Crippen LogP contribution in [0.5, 0.6) is 0 Å². The number of halogens is 1. The molecule has 3 aromatic rings. The molecule has 5 N–H and O–H groups in total. The fraction of sp³-hybridized carbons (Fsp3) is 0.190. The minimum Gasteiger partial charge on any atom is -0.370 e. The predicted octanol–water partition coefficient (Wildman–Crippen LogP) is 2.16. The number of nitrogens with zero attached hydrogens (tertiary/aromatic N) is 2. The summed E-state index contributed by atoms with van der Waals surface area (Å²) in [4.78, 5) is 14.7. The highest BCUT2D eigenvalue weighted by Gasteiger charge is 2.08. The highest BCUT2D eigenvalue weighted by molar-refractivity contribution is 5.84. The molecule has 3 rings (SSSR count). The molecule has 29 heavy (non-hydrogen) atoms. The van der Waals surface area contributed by atoms with Gasteiger partial charge in [0.05, 0.1) is 13.1 Å². The van der Waals surface area contributed by atoms with Crippen LogP contribution in [0.15, 0.2) is 64.1 Å². The molecule has 0 fully saturated rings. The maximum absolute atomic E-state index is 14.5. The molecule has 0 unspecified atom stereocenters. The number of aryl methyl sites for hydroxylation is 2. The third-order valence-corrected chi connectivity index (χ3v) is 4.24. The van der Waals surface area contributed by atoms with Gasteiger partial charge in [-0.2, -0.15) is 0 Å². The lowest BCUT2D eigenvalue weighted by Crippen LogP contribution is -2.38. The van der Waals surface area contributed by atoms with E-state index in [-0.39, 0.29) is 24.9 Å². The number of guanidine groups is 1. The normalized spacial score (nSPS) is 11.4. The van der Waals surface area contributed by atoms with Gasteiger partial charge in [0.25, 0.3) is 0 Å². The monoisotopic (exact) mass is 395 g/mol. The molecule has 1 amide bonds. The molecule has 0 aliphatic heterocycles. The zero-order valence-electron chi connectivity index (χ0n) is 15.8. The zero-order valence-corrected chi connectivity index (χ0v) is 15.8. The second-order valence-corrected chi connectivity index (χ2v) is 6.49. The van der Waals surface area contributed by atoms with Gasteiger partial charge in [-0.05, 0) is 23.6 Å². The summed E-state index contributed by atoms with van der Waals surface area (Å²) in [7, 11) is 0. The molecule has 8 heteroatoms. The first-order valence-corrected chi connectivity index (χ1v) is 9.11. The molecular weight excluding hydrogens is 373 g/mol. The van der Waals surface area contributed by atoms with E-state index in [0.29, 0.717) is 29.9 Å². The standard InChI is InChI=1S/C21H22FN5O2/c22-19-10-14(7-9-18(19)15-4-2-1-3-5-15)6-8-17-11-16(27-29-17)12-25-21(24)26-13-20(23)28/h1-5,7,9-11H,6,8,12-13H2,(H2,23,28)(H3,24,25,26). The number of rotatable bonds is 8. The quantitative estimate of drug-likeness (QED) is 0.399. The highest BCUT2D eigenvalue weighted by Crippen LogP contribution is 2.24. The van der Waals surface area contributed by atoms with Crippen molar-refractivity contribution in [3.05, 3.63) is 77.4 Å². The number of benzene rings is 2. The van der Waals surface area contributed by atoms with Crippen molar-refractivity contribution in [1.29, 1.82) is 0 Å². The van der Waals surface area contributed by atoms with E-state index in [1.54, 1.807) is 18.2 Å². The number of hydrogen-bond donors (Lipinski definition) is 3. The summed E-state index contributed by atoms with van der Waals surface area (Å²) in [6, 6.07) is 16.5. The highest BCUT2D eigenvalue weighted by atomic mass is 19.1. The lowest BCUT2D eigenvalue weighted by Gasteiger charge is -2.06. The molecule has 0 saturated heterocycles. The number of amides is 1. The Bertz CT molecular complexity index is 1000. The van der Waals surface area contributed by atoms with Crippen molar-refractivity contribution in [2.24, 2.45) is 16.5 Å². The average molecular weight is 395 g/mol. The summed E-state index contributed by atoms with van der Waals surface area (Å²) < 4.78 is 19.7. The van der Waals surface area contributed by atoms with E-state index in [2.05, 4.69) is 15.5 Å². The van der Waals surface area contributed by atoms with E-state index < -0.39 is 5.91 Å². The van der Waals surface area contributed by atoms with Crippen molar-refractivity contribution >= 4 is 11.9 Å². The molecule has 0 spiro atoms.